The Bertz CT molecular complexity index is 523. The van der Waals surface area contributed by atoms with Gasteiger partial charge >= 0.3 is 0 Å². The van der Waals surface area contributed by atoms with Gasteiger partial charge in [0.05, 0.1) is 18.5 Å². The van der Waals surface area contributed by atoms with E-state index in [4.69, 9.17) is 4.74 Å². The van der Waals surface area contributed by atoms with E-state index in [1.165, 1.54) is 6.33 Å². The van der Waals surface area contributed by atoms with Gasteiger partial charge in [0, 0.05) is 6.20 Å². The largest absolute Gasteiger partial charge is 0.494 e. The van der Waals surface area contributed by atoms with Crippen LogP contribution in [0.2, 0.25) is 0 Å². The Hall–Kier alpha value is -2.23. The molecular formula is C13H13N3O. The molecule has 2 rings (SSSR count). The predicted octanol–water partition coefficient (Wildman–Crippen LogP) is 2.63. The summed E-state index contributed by atoms with van der Waals surface area (Å²) in [4.78, 5) is 12.5. The molecule has 4 nitrogen and oxygen atoms in total. The van der Waals surface area contributed by atoms with Crippen LogP contribution in [-0.2, 0) is 0 Å². The van der Waals surface area contributed by atoms with Crippen LogP contribution >= 0.6 is 0 Å². The van der Waals surface area contributed by atoms with Crippen LogP contribution in [-0.4, -0.2) is 22.8 Å². The maximum absolute atomic E-state index is 5.24. The number of hydrogen-bond donors (Lipinski definition) is 0. The molecule has 0 aliphatic rings. The zero-order valence-corrected chi connectivity index (χ0v) is 9.79. The van der Waals surface area contributed by atoms with Crippen molar-refractivity contribution in [2.24, 2.45) is 4.99 Å². The van der Waals surface area contributed by atoms with Crippen LogP contribution in [0.3, 0.4) is 0 Å². The highest BCUT2D eigenvalue weighted by Crippen LogP contribution is 2.26. The molecule has 1 heterocycles. The highest BCUT2D eigenvalue weighted by molar-refractivity contribution is 5.98. The summed E-state index contributed by atoms with van der Waals surface area (Å²) in [5, 5.41) is 0. The van der Waals surface area contributed by atoms with E-state index >= 15 is 0 Å². The standard InChI is InChI=1S/C13H13N3O/c1-10(11-7-8-14-9-15-11)16-12-5-3-4-6-13(12)17-2/h3-9H,1-2H3. The molecule has 0 saturated carbocycles. The van der Waals surface area contributed by atoms with Gasteiger partial charge in [-0.3, -0.25) is 0 Å². The molecule has 0 unspecified atom stereocenters. The molecule has 0 fully saturated rings. The Labute approximate surface area is 100 Å². The van der Waals surface area contributed by atoms with Crippen molar-refractivity contribution in [3.8, 4) is 5.75 Å². The zero-order valence-electron chi connectivity index (χ0n) is 9.79. The average molecular weight is 227 g/mol. The molecule has 1 aromatic carbocycles. The van der Waals surface area contributed by atoms with Crippen LogP contribution in [0.15, 0.2) is 47.8 Å². The lowest BCUT2D eigenvalue weighted by Crippen LogP contribution is -1.98. The minimum absolute atomic E-state index is 0.751. The first kappa shape index (κ1) is 11.3. The van der Waals surface area contributed by atoms with Crippen LogP contribution in [0.5, 0.6) is 5.75 Å². The summed E-state index contributed by atoms with van der Waals surface area (Å²) in [6.45, 7) is 1.91. The Balaban J connectivity index is 2.36. The van der Waals surface area contributed by atoms with Gasteiger partial charge in [-0.2, -0.15) is 0 Å². The van der Waals surface area contributed by atoms with Gasteiger partial charge in [0.2, 0.25) is 0 Å². The lowest BCUT2D eigenvalue weighted by Gasteiger charge is -2.04. The van der Waals surface area contributed by atoms with Gasteiger partial charge in [-0.25, -0.2) is 15.0 Å². The number of methoxy groups -OCH3 is 1. The second-order valence-corrected chi connectivity index (χ2v) is 3.46. The summed E-state index contributed by atoms with van der Waals surface area (Å²) in [6.07, 6.45) is 3.21. The molecular weight excluding hydrogens is 214 g/mol. The van der Waals surface area contributed by atoms with E-state index in [0.29, 0.717) is 0 Å². The molecule has 0 radical (unpaired) electrons. The predicted molar refractivity (Wildman–Crippen MR) is 66.9 cm³/mol. The molecule has 2 aromatic rings. The maximum atomic E-state index is 5.24. The van der Waals surface area contributed by atoms with Gasteiger partial charge in [-0.15, -0.1) is 0 Å². The molecule has 17 heavy (non-hydrogen) atoms. The number of hydrogen-bond acceptors (Lipinski definition) is 4. The summed E-state index contributed by atoms with van der Waals surface area (Å²) < 4.78 is 5.24. The highest BCUT2D eigenvalue weighted by Gasteiger charge is 2.02. The van der Waals surface area contributed by atoms with Crippen LogP contribution in [0.1, 0.15) is 12.6 Å². The number of aromatic nitrogens is 2. The van der Waals surface area contributed by atoms with Gasteiger partial charge in [0.1, 0.15) is 17.8 Å². The fourth-order valence-electron chi connectivity index (χ4n) is 1.46. The van der Waals surface area contributed by atoms with Crippen molar-refractivity contribution >= 4 is 11.4 Å². The topological polar surface area (TPSA) is 47.4 Å². The Morgan fingerprint density at radius 2 is 2.06 bits per heavy atom. The summed E-state index contributed by atoms with van der Waals surface area (Å²) in [6, 6.07) is 9.45. The van der Waals surface area contributed by atoms with Gasteiger partial charge in [-0.1, -0.05) is 12.1 Å². The smallest absolute Gasteiger partial charge is 0.144 e. The molecule has 0 bridgehead atoms. The fourth-order valence-corrected chi connectivity index (χ4v) is 1.46. The molecule has 4 heteroatoms. The van der Waals surface area contributed by atoms with E-state index in [0.717, 1.165) is 22.8 Å². The van der Waals surface area contributed by atoms with E-state index in [9.17, 15) is 0 Å². The van der Waals surface area contributed by atoms with Crippen molar-refractivity contribution < 1.29 is 4.74 Å². The van der Waals surface area contributed by atoms with Crippen molar-refractivity contribution in [1.29, 1.82) is 0 Å². The molecule has 86 valence electrons. The molecule has 0 amide bonds. The van der Waals surface area contributed by atoms with Crippen molar-refractivity contribution in [3.05, 3.63) is 48.5 Å². The molecule has 0 N–H and O–H groups in total. The van der Waals surface area contributed by atoms with Gasteiger partial charge in [0.25, 0.3) is 0 Å². The number of nitrogens with zero attached hydrogens (tertiary/aromatic N) is 3. The normalized spacial score (nSPS) is 11.3. The van der Waals surface area contributed by atoms with Crippen molar-refractivity contribution in [2.45, 2.75) is 6.92 Å². The second kappa shape index (κ2) is 5.21. The van der Waals surface area contributed by atoms with E-state index in [-0.39, 0.29) is 0 Å². The zero-order chi connectivity index (χ0) is 12.1. The monoisotopic (exact) mass is 227 g/mol. The lowest BCUT2D eigenvalue weighted by atomic mass is 10.2. The van der Waals surface area contributed by atoms with Gasteiger partial charge < -0.3 is 4.74 Å². The second-order valence-electron chi connectivity index (χ2n) is 3.46. The van der Waals surface area contributed by atoms with Crippen molar-refractivity contribution in [1.82, 2.24) is 9.97 Å². The van der Waals surface area contributed by atoms with Gasteiger partial charge in [-0.05, 0) is 25.1 Å². The lowest BCUT2D eigenvalue weighted by molar-refractivity contribution is 0.416. The highest BCUT2D eigenvalue weighted by atomic mass is 16.5. The molecule has 0 spiro atoms. The third-order valence-electron chi connectivity index (χ3n) is 2.33. The number of aliphatic imine (C=N–C) groups is 1. The fraction of sp³-hybridized carbons (Fsp3) is 0.154. The Morgan fingerprint density at radius 3 is 2.76 bits per heavy atom. The third-order valence-corrected chi connectivity index (χ3v) is 2.33. The van der Waals surface area contributed by atoms with E-state index in [1.54, 1.807) is 13.3 Å². The summed E-state index contributed by atoms with van der Waals surface area (Å²) in [5.41, 5.74) is 2.44. The van der Waals surface area contributed by atoms with Crippen molar-refractivity contribution in [3.63, 3.8) is 0 Å². The third kappa shape index (κ3) is 2.66. The minimum atomic E-state index is 0.751. The quantitative estimate of drug-likeness (QED) is 0.757. The number of rotatable bonds is 3. The number of para-hydroxylation sites is 2. The summed E-state index contributed by atoms with van der Waals surface area (Å²) >= 11 is 0. The Morgan fingerprint density at radius 1 is 1.24 bits per heavy atom. The molecule has 0 saturated heterocycles. The number of benzene rings is 1. The average Bonchev–Trinajstić information content (AvgIpc) is 2.40. The summed E-state index contributed by atoms with van der Waals surface area (Å²) in [5.74, 6) is 0.751. The number of ether oxygens (including phenoxy) is 1. The molecule has 1 aromatic heterocycles. The SMILES string of the molecule is COc1ccccc1N=C(C)c1ccncn1. The van der Waals surface area contributed by atoms with Crippen LogP contribution < -0.4 is 4.74 Å². The first-order valence-electron chi connectivity index (χ1n) is 5.26. The molecule has 0 atom stereocenters. The first-order chi connectivity index (χ1) is 8.31. The van der Waals surface area contributed by atoms with Crippen molar-refractivity contribution in [2.75, 3.05) is 7.11 Å². The maximum Gasteiger partial charge on any atom is 0.144 e. The van der Waals surface area contributed by atoms with Crippen LogP contribution in [0.25, 0.3) is 0 Å². The van der Waals surface area contributed by atoms with Crippen LogP contribution in [0.4, 0.5) is 5.69 Å². The molecule has 0 aliphatic heterocycles. The first-order valence-corrected chi connectivity index (χ1v) is 5.26. The van der Waals surface area contributed by atoms with E-state index in [2.05, 4.69) is 15.0 Å². The van der Waals surface area contributed by atoms with Gasteiger partial charge in [0.15, 0.2) is 0 Å². The minimum Gasteiger partial charge on any atom is -0.494 e. The van der Waals surface area contributed by atoms with E-state index < -0.39 is 0 Å². The van der Waals surface area contributed by atoms with Crippen LogP contribution in [0, 0.1) is 0 Å². The summed E-state index contributed by atoms with van der Waals surface area (Å²) in [7, 11) is 1.63. The Kier molecular flexibility index (Phi) is 3.45. The van der Waals surface area contributed by atoms with E-state index in [1.807, 2.05) is 37.3 Å². The molecule has 0 aliphatic carbocycles.